The van der Waals surface area contributed by atoms with Gasteiger partial charge < -0.3 is 10.8 Å². The predicted octanol–water partition coefficient (Wildman–Crippen LogP) is 0.140. The van der Waals surface area contributed by atoms with Crippen LogP contribution in [0.2, 0.25) is 0 Å². The van der Waals surface area contributed by atoms with Crippen LogP contribution < -0.4 is 5.73 Å². The molecule has 1 aromatic rings. The Morgan fingerprint density at radius 1 is 1.29 bits per heavy atom. The molecule has 7 nitrogen and oxygen atoms in total. The second-order valence-electron chi connectivity index (χ2n) is 4.50. The van der Waals surface area contributed by atoms with E-state index in [1.807, 2.05) is 0 Å². The predicted molar refractivity (Wildman–Crippen MR) is 66.8 cm³/mol. The fraction of sp³-hybridized carbons (Fsp3) is 0.231. The Morgan fingerprint density at radius 2 is 1.95 bits per heavy atom. The Bertz CT molecular complexity index is 658. The van der Waals surface area contributed by atoms with E-state index >= 15 is 0 Å². The van der Waals surface area contributed by atoms with Gasteiger partial charge in [-0.05, 0) is 18.6 Å². The summed E-state index contributed by atoms with van der Waals surface area (Å²) in [5.41, 5.74) is 4.30. The van der Waals surface area contributed by atoms with Crippen molar-refractivity contribution in [3.8, 4) is 0 Å². The summed E-state index contributed by atoms with van der Waals surface area (Å²) >= 11 is 0. The van der Waals surface area contributed by atoms with Crippen LogP contribution in [0.15, 0.2) is 18.2 Å². The van der Waals surface area contributed by atoms with E-state index in [2.05, 4.69) is 0 Å². The van der Waals surface area contributed by atoms with E-state index in [4.69, 9.17) is 10.8 Å². The molecule has 0 radical (unpaired) electrons. The molecule has 110 valence electrons. The van der Waals surface area contributed by atoms with Crippen LogP contribution in [0.4, 0.5) is 4.39 Å². The number of nitrogens with two attached hydrogens (primary N) is 1. The van der Waals surface area contributed by atoms with Gasteiger partial charge in [0.25, 0.3) is 11.8 Å². The minimum atomic E-state index is -1.57. The average molecular weight is 294 g/mol. The molecular weight excluding hydrogens is 283 g/mol. The number of carbonyl (C=O) groups excluding carboxylic acids is 3. The lowest BCUT2D eigenvalue weighted by atomic mass is 10.1. The molecule has 3 N–H and O–H groups in total. The molecule has 3 amide bonds. The van der Waals surface area contributed by atoms with Gasteiger partial charge in [-0.15, -0.1) is 0 Å². The van der Waals surface area contributed by atoms with E-state index < -0.39 is 41.1 Å². The first-order chi connectivity index (χ1) is 9.84. The molecule has 0 unspecified atom stereocenters. The summed E-state index contributed by atoms with van der Waals surface area (Å²) in [6.45, 7) is 0. The normalized spacial score (nSPS) is 15.0. The number of rotatable bonds is 5. The summed E-state index contributed by atoms with van der Waals surface area (Å²) < 4.78 is 13.6. The van der Waals surface area contributed by atoms with Crippen LogP contribution in [-0.4, -0.2) is 39.7 Å². The summed E-state index contributed by atoms with van der Waals surface area (Å²) in [6, 6.07) is 1.93. The molecule has 1 heterocycles. The number of aliphatic carboxylic acids is 1. The molecule has 2 rings (SSSR count). The number of benzene rings is 1. The molecule has 1 aromatic carbocycles. The van der Waals surface area contributed by atoms with Crippen LogP contribution in [-0.2, 0) is 9.59 Å². The first-order valence-electron chi connectivity index (χ1n) is 6.02. The van der Waals surface area contributed by atoms with Crippen molar-refractivity contribution in [3.63, 3.8) is 0 Å². The van der Waals surface area contributed by atoms with Gasteiger partial charge in [-0.3, -0.25) is 19.3 Å². The van der Waals surface area contributed by atoms with Gasteiger partial charge in [0.2, 0.25) is 5.91 Å². The molecule has 8 heteroatoms. The molecule has 1 atom stereocenters. The SMILES string of the molecule is NC(=O)CC[C@@H](C(=O)O)N1C(=O)c2cccc(F)c2C1=O. The third-order valence-corrected chi connectivity index (χ3v) is 3.16. The summed E-state index contributed by atoms with van der Waals surface area (Å²) in [5, 5.41) is 9.14. The summed E-state index contributed by atoms with van der Waals surface area (Å²) in [7, 11) is 0. The van der Waals surface area contributed by atoms with Gasteiger partial charge in [-0.1, -0.05) is 6.07 Å². The quantitative estimate of drug-likeness (QED) is 0.749. The highest BCUT2D eigenvalue weighted by molar-refractivity contribution is 6.22. The Kier molecular flexibility index (Phi) is 3.70. The molecule has 1 aliphatic heterocycles. The van der Waals surface area contributed by atoms with Crippen molar-refractivity contribution in [1.29, 1.82) is 0 Å². The van der Waals surface area contributed by atoms with Crippen molar-refractivity contribution >= 4 is 23.7 Å². The lowest BCUT2D eigenvalue weighted by Crippen LogP contribution is -2.45. The molecule has 21 heavy (non-hydrogen) atoms. The van der Waals surface area contributed by atoms with E-state index in [1.165, 1.54) is 12.1 Å². The maximum Gasteiger partial charge on any atom is 0.326 e. The van der Waals surface area contributed by atoms with Gasteiger partial charge in [0.15, 0.2) is 0 Å². The minimum Gasteiger partial charge on any atom is -0.480 e. The smallest absolute Gasteiger partial charge is 0.326 e. The number of hydrogen-bond acceptors (Lipinski definition) is 4. The number of halogens is 1. The monoisotopic (exact) mass is 294 g/mol. The molecule has 0 bridgehead atoms. The molecule has 0 saturated heterocycles. The first-order valence-corrected chi connectivity index (χ1v) is 6.02. The number of nitrogens with zero attached hydrogens (tertiary/aromatic N) is 1. The summed E-state index contributed by atoms with van der Waals surface area (Å²) in [5.74, 6) is -5.04. The van der Waals surface area contributed by atoms with Crippen molar-refractivity contribution in [1.82, 2.24) is 4.90 Å². The highest BCUT2D eigenvalue weighted by Crippen LogP contribution is 2.28. The van der Waals surface area contributed by atoms with Crippen molar-refractivity contribution in [2.45, 2.75) is 18.9 Å². The van der Waals surface area contributed by atoms with E-state index in [1.54, 1.807) is 0 Å². The molecule has 0 saturated carbocycles. The minimum absolute atomic E-state index is 0.190. The fourth-order valence-electron chi connectivity index (χ4n) is 2.19. The van der Waals surface area contributed by atoms with Crippen molar-refractivity contribution in [2.75, 3.05) is 0 Å². The van der Waals surface area contributed by atoms with Gasteiger partial charge in [-0.2, -0.15) is 0 Å². The Hall–Kier alpha value is -2.77. The Labute approximate surface area is 118 Å². The van der Waals surface area contributed by atoms with Crippen LogP contribution in [0.25, 0.3) is 0 Å². The van der Waals surface area contributed by atoms with Crippen LogP contribution in [0.3, 0.4) is 0 Å². The zero-order valence-corrected chi connectivity index (χ0v) is 10.7. The van der Waals surface area contributed by atoms with Gasteiger partial charge in [0, 0.05) is 6.42 Å². The van der Waals surface area contributed by atoms with E-state index in [0.29, 0.717) is 4.90 Å². The third kappa shape index (κ3) is 2.47. The molecule has 0 aliphatic carbocycles. The van der Waals surface area contributed by atoms with E-state index in [0.717, 1.165) is 6.07 Å². The number of primary amides is 1. The Morgan fingerprint density at radius 3 is 2.48 bits per heavy atom. The standard InChI is InChI=1S/C13H11FN2O5/c14-7-3-1-2-6-10(7)12(19)16(11(6)18)8(13(20)21)4-5-9(15)17/h1-3,8H,4-5H2,(H2,15,17)(H,20,21)/t8-/m0/s1. The zero-order valence-electron chi connectivity index (χ0n) is 10.7. The molecule has 0 aromatic heterocycles. The van der Waals surface area contributed by atoms with Crippen molar-refractivity contribution < 1.29 is 28.7 Å². The summed E-state index contributed by atoms with van der Waals surface area (Å²) in [4.78, 5) is 46.7. The van der Waals surface area contributed by atoms with Crippen LogP contribution in [0.5, 0.6) is 0 Å². The second kappa shape index (κ2) is 5.31. The summed E-state index contributed by atoms with van der Waals surface area (Å²) in [6.07, 6.45) is -0.634. The average Bonchev–Trinajstić information content (AvgIpc) is 2.64. The largest absolute Gasteiger partial charge is 0.480 e. The van der Waals surface area contributed by atoms with E-state index in [9.17, 15) is 23.6 Å². The topological polar surface area (TPSA) is 118 Å². The van der Waals surface area contributed by atoms with Crippen molar-refractivity contribution in [3.05, 3.63) is 35.1 Å². The van der Waals surface area contributed by atoms with Crippen molar-refractivity contribution in [2.24, 2.45) is 5.73 Å². The lowest BCUT2D eigenvalue weighted by Gasteiger charge is -2.21. The second-order valence-corrected chi connectivity index (χ2v) is 4.50. The number of carbonyl (C=O) groups is 4. The number of imide groups is 1. The molecule has 1 aliphatic rings. The molecule has 0 fully saturated rings. The third-order valence-electron chi connectivity index (χ3n) is 3.16. The van der Waals surface area contributed by atoms with Crippen LogP contribution in [0, 0.1) is 5.82 Å². The number of carboxylic acid groups (broad SMARTS) is 1. The van der Waals surface area contributed by atoms with Gasteiger partial charge in [0.1, 0.15) is 11.9 Å². The van der Waals surface area contributed by atoms with Crippen LogP contribution >= 0.6 is 0 Å². The highest BCUT2D eigenvalue weighted by Gasteiger charge is 2.44. The van der Waals surface area contributed by atoms with Gasteiger partial charge in [-0.25, -0.2) is 9.18 Å². The van der Waals surface area contributed by atoms with E-state index in [-0.39, 0.29) is 18.4 Å². The van der Waals surface area contributed by atoms with Gasteiger partial charge >= 0.3 is 5.97 Å². The Balaban J connectivity index is 2.38. The lowest BCUT2D eigenvalue weighted by molar-refractivity contribution is -0.141. The number of hydrogen-bond donors (Lipinski definition) is 2. The highest BCUT2D eigenvalue weighted by atomic mass is 19.1. The molecular formula is C13H11FN2O5. The van der Waals surface area contributed by atoms with Crippen LogP contribution in [0.1, 0.15) is 33.6 Å². The first kappa shape index (κ1) is 14.6. The fourth-order valence-corrected chi connectivity index (χ4v) is 2.19. The molecule has 0 spiro atoms. The number of fused-ring (bicyclic) bond motifs is 1. The number of carboxylic acids is 1. The maximum atomic E-state index is 13.6. The maximum absolute atomic E-state index is 13.6. The number of amides is 3. The van der Waals surface area contributed by atoms with Gasteiger partial charge in [0.05, 0.1) is 11.1 Å². The zero-order chi connectivity index (χ0) is 15.7.